The van der Waals surface area contributed by atoms with Crippen molar-refractivity contribution in [2.24, 2.45) is 0 Å². The lowest BCUT2D eigenvalue weighted by molar-refractivity contribution is -0.278. The molecule has 0 spiro atoms. The first-order chi connectivity index (χ1) is 5.02. The van der Waals surface area contributed by atoms with Gasteiger partial charge < -0.3 is 15.3 Å². The molecule has 0 rings (SSSR count). The van der Waals surface area contributed by atoms with Crippen molar-refractivity contribution < 1.29 is 24.9 Å². The van der Waals surface area contributed by atoms with Crippen LogP contribution in [0.1, 0.15) is 0 Å². The van der Waals surface area contributed by atoms with E-state index in [1.807, 2.05) is 0 Å². The number of rotatable bonds is 2. The number of carbonyl (C=O) groups excluding carboxylic acids is 2. The summed E-state index contributed by atoms with van der Waals surface area (Å²) in [6.07, 6.45) is 0.556. The minimum absolute atomic E-state index is 0.556. The van der Waals surface area contributed by atoms with Gasteiger partial charge in [0.25, 0.3) is 0 Å². The molecule has 0 aromatic heterocycles. The summed E-state index contributed by atoms with van der Waals surface area (Å²) in [5, 5.41) is 24.9. The zero-order valence-corrected chi connectivity index (χ0v) is 5.24. The molecule has 0 aromatic carbocycles. The van der Waals surface area contributed by atoms with Gasteiger partial charge in [0.05, 0.1) is 0 Å². The van der Waals surface area contributed by atoms with Crippen LogP contribution in [-0.2, 0) is 9.59 Å². The summed E-state index contributed by atoms with van der Waals surface area (Å²) >= 11 is 0. The summed E-state index contributed by atoms with van der Waals surface area (Å²) in [6, 6.07) is 0. The van der Waals surface area contributed by atoms with Gasteiger partial charge in [-0.3, -0.25) is 0 Å². The molecule has 0 heterocycles. The highest BCUT2D eigenvalue weighted by atomic mass is 16.7. The molecule has 0 fully saturated rings. The van der Waals surface area contributed by atoms with E-state index in [9.17, 15) is 9.59 Å². The lowest BCUT2D eigenvalue weighted by atomic mass is 10.2. The standard InChI is InChI=1S/C6H4O5/c7-3-1-2-5(4-8)6(9,10)11/h2,9-11H. The normalized spacial score (nSPS) is 9.00. The van der Waals surface area contributed by atoms with Crippen molar-refractivity contribution in [3.63, 3.8) is 0 Å². The van der Waals surface area contributed by atoms with E-state index in [1.165, 1.54) is 0 Å². The molecule has 3 N–H and O–H groups in total. The van der Waals surface area contributed by atoms with E-state index >= 15 is 0 Å². The first-order valence-corrected chi connectivity index (χ1v) is 2.41. The van der Waals surface area contributed by atoms with Gasteiger partial charge in [-0.25, -0.2) is 9.59 Å². The Bertz CT molecular complexity index is 266. The summed E-state index contributed by atoms with van der Waals surface area (Å²) in [4.78, 5) is 19.3. The fourth-order valence-corrected chi connectivity index (χ4v) is 0.296. The van der Waals surface area contributed by atoms with Gasteiger partial charge in [-0.2, -0.15) is 0 Å². The molecule has 0 amide bonds. The van der Waals surface area contributed by atoms with Gasteiger partial charge in [0.2, 0.25) is 0 Å². The average Bonchev–Trinajstić information content (AvgIpc) is 1.87. The minimum atomic E-state index is -3.29. The van der Waals surface area contributed by atoms with Crippen molar-refractivity contribution in [3.05, 3.63) is 17.4 Å². The summed E-state index contributed by atoms with van der Waals surface area (Å²) in [5.74, 6) is -1.17. The maximum absolute atomic E-state index is 9.81. The van der Waals surface area contributed by atoms with Crippen molar-refractivity contribution >= 4 is 11.9 Å². The van der Waals surface area contributed by atoms with Crippen molar-refractivity contribution in [3.8, 4) is 0 Å². The maximum Gasteiger partial charge on any atom is 0.315 e. The Morgan fingerprint density at radius 2 is 1.82 bits per heavy atom. The highest BCUT2D eigenvalue weighted by Gasteiger charge is 2.24. The molecular formula is C6H4O5. The first kappa shape index (κ1) is 9.56. The summed E-state index contributed by atoms with van der Waals surface area (Å²) in [5.41, 5.74) is 0.780. The molecule has 11 heavy (non-hydrogen) atoms. The van der Waals surface area contributed by atoms with Crippen LogP contribution in [0.4, 0.5) is 0 Å². The number of hydrogen-bond acceptors (Lipinski definition) is 5. The highest BCUT2D eigenvalue weighted by molar-refractivity contribution is 5.60. The van der Waals surface area contributed by atoms with Gasteiger partial charge in [0.15, 0.2) is 5.94 Å². The molecule has 58 valence electrons. The third kappa shape index (κ3) is 3.30. The van der Waals surface area contributed by atoms with E-state index in [4.69, 9.17) is 15.3 Å². The van der Waals surface area contributed by atoms with E-state index in [0.29, 0.717) is 6.08 Å². The Kier molecular flexibility index (Phi) is 3.18. The van der Waals surface area contributed by atoms with Gasteiger partial charge >= 0.3 is 5.97 Å². The topological polar surface area (TPSA) is 94.8 Å². The Balaban J connectivity index is 4.89. The largest absolute Gasteiger partial charge is 0.339 e. The average molecular weight is 156 g/mol. The second-order valence-electron chi connectivity index (χ2n) is 1.54. The molecule has 0 radical (unpaired) electrons. The zero-order valence-electron chi connectivity index (χ0n) is 5.24. The van der Waals surface area contributed by atoms with E-state index in [2.05, 4.69) is 0 Å². The Morgan fingerprint density at radius 3 is 2.09 bits per heavy atom. The maximum atomic E-state index is 9.81. The molecule has 0 aromatic rings. The summed E-state index contributed by atoms with van der Waals surface area (Å²) in [6.45, 7) is 0. The zero-order chi connectivity index (χ0) is 8.91. The predicted molar refractivity (Wildman–Crippen MR) is 32.4 cm³/mol. The lowest BCUT2D eigenvalue weighted by Crippen LogP contribution is -2.29. The van der Waals surface area contributed by atoms with Gasteiger partial charge in [-0.15, -0.1) is 0 Å². The third-order valence-electron chi connectivity index (χ3n) is 0.747. The van der Waals surface area contributed by atoms with Gasteiger partial charge in [-0.1, -0.05) is 0 Å². The van der Waals surface area contributed by atoms with Crippen LogP contribution in [0, 0.1) is 0 Å². The van der Waals surface area contributed by atoms with Crippen molar-refractivity contribution in [1.82, 2.24) is 0 Å². The monoisotopic (exact) mass is 156 g/mol. The molecular weight excluding hydrogens is 152 g/mol. The third-order valence-corrected chi connectivity index (χ3v) is 0.747. The number of aliphatic hydroxyl groups is 3. The van der Waals surface area contributed by atoms with Crippen molar-refractivity contribution in [1.29, 1.82) is 0 Å². The Labute approximate surface area is 61.2 Å². The van der Waals surface area contributed by atoms with Crippen molar-refractivity contribution in [2.45, 2.75) is 5.97 Å². The van der Waals surface area contributed by atoms with Gasteiger partial charge in [0.1, 0.15) is 11.5 Å². The lowest BCUT2D eigenvalue weighted by Gasteiger charge is -2.09. The van der Waals surface area contributed by atoms with Crippen molar-refractivity contribution in [2.75, 3.05) is 0 Å². The van der Waals surface area contributed by atoms with Crippen LogP contribution in [0.5, 0.6) is 0 Å². The fraction of sp³-hybridized carbons (Fsp3) is 0.167. The summed E-state index contributed by atoms with van der Waals surface area (Å²) in [7, 11) is 0. The Morgan fingerprint density at radius 1 is 1.27 bits per heavy atom. The molecule has 0 bridgehead atoms. The van der Waals surface area contributed by atoms with Crippen LogP contribution >= 0.6 is 0 Å². The second kappa shape index (κ2) is 3.66. The molecule has 5 heteroatoms. The SMILES string of the molecule is O=C=C=CC(=C=O)C(O)(O)O. The highest BCUT2D eigenvalue weighted by Crippen LogP contribution is 2.05. The smallest absolute Gasteiger partial charge is 0.315 e. The molecule has 0 aliphatic heterocycles. The quantitative estimate of drug-likeness (QED) is 0.184. The van der Waals surface area contributed by atoms with E-state index in [0.717, 1.165) is 11.9 Å². The minimum Gasteiger partial charge on any atom is -0.339 e. The molecule has 5 nitrogen and oxygen atoms in total. The molecule has 0 atom stereocenters. The van der Waals surface area contributed by atoms with Gasteiger partial charge in [0, 0.05) is 6.08 Å². The molecule has 0 unspecified atom stereocenters. The van der Waals surface area contributed by atoms with Crippen LogP contribution in [0.3, 0.4) is 0 Å². The van der Waals surface area contributed by atoms with Crippen LogP contribution in [0.2, 0.25) is 0 Å². The number of hydrogen-bond donors (Lipinski definition) is 3. The summed E-state index contributed by atoms with van der Waals surface area (Å²) < 4.78 is 0. The fourth-order valence-electron chi connectivity index (χ4n) is 0.296. The van der Waals surface area contributed by atoms with Crippen LogP contribution in [-0.4, -0.2) is 33.2 Å². The van der Waals surface area contributed by atoms with Crippen LogP contribution in [0.25, 0.3) is 0 Å². The molecule has 0 aliphatic carbocycles. The van der Waals surface area contributed by atoms with Gasteiger partial charge in [-0.05, 0) is 5.73 Å². The predicted octanol–water partition coefficient (Wildman–Crippen LogP) is -2.08. The first-order valence-electron chi connectivity index (χ1n) is 2.41. The van der Waals surface area contributed by atoms with E-state index < -0.39 is 11.5 Å². The van der Waals surface area contributed by atoms with E-state index in [-0.39, 0.29) is 0 Å². The second-order valence-corrected chi connectivity index (χ2v) is 1.54. The van der Waals surface area contributed by atoms with E-state index in [1.54, 1.807) is 5.73 Å². The van der Waals surface area contributed by atoms with Crippen LogP contribution in [0.15, 0.2) is 17.4 Å². The molecule has 0 saturated carbocycles. The van der Waals surface area contributed by atoms with Crippen LogP contribution < -0.4 is 0 Å². The Hall–Kier alpha value is -1.44. The molecule has 0 saturated heterocycles. The molecule has 0 aliphatic rings.